The molecular weight excluding hydrogens is 258 g/mol. The summed E-state index contributed by atoms with van der Waals surface area (Å²) >= 11 is 1.70. The van der Waals surface area contributed by atoms with Crippen molar-refractivity contribution in [3.8, 4) is 0 Å². The van der Waals surface area contributed by atoms with Gasteiger partial charge in [0.25, 0.3) is 0 Å². The number of amides is 2. The number of carbonyl (C=O) groups is 1. The smallest absolute Gasteiger partial charge is 0.315 e. The maximum absolute atomic E-state index is 11.7. The molecule has 0 saturated heterocycles. The molecule has 19 heavy (non-hydrogen) atoms. The van der Waals surface area contributed by atoms with Crippen molar-refractivity contribution in [3.05, 3.63) is 28.2 Å². The Balaban J connectivity index is 2.30. The third-order valence-corrected chi connectivity index (χ3v) is 4.05. The van der Waals surface area contributed by atoms with Crippen LogP contribution in [0.1, 0.15) is 35.3 Å². The highest BCUT2D eigenvalue weighted by Gasteiger charge is 2.09. The van der Waals surface area contributed by atoms with E-state index >= 15 is 0 Å². The van der Waals surface area contributed by atoms with Crippen LogP contribution in [-0.2, 0) is 6.42 Å². The Kier molecular flexibility index (Phi) is 6.56. The van der Waals surface area contributed by atoms with Crippen molar-refractivity contribution >= 4 is 17.4 Å². The molecule has 0 fully saturated rings. The first-order chi connectivity index (χ1) is 9.06. The number of aromatic nitrogens is 1. The number of thiazole rings is 1. The van der Waals surface area contributed by atoms with Gasteiger partial charge in [0, 0.05) is 23.9 Å². The van der Waals surface area contributed by atoms with Crippen molar-refractivity contribution in [2.24, 2.45) is 0 Å². The van der Waals surface area contributed by atoms with Gasteiger partial charge in [0.2, 0.25) is 0 Å². The summed E-state index contributed by atoms with van der Waals surface area (Å²) in [6, 6.07) is 0.0671. The molecule has 0 saturated carbocycles. The number of nitrogens with zero attached hydrogens (tertiary/aromatic N) is 1. The molecule has 106 valence electrons. The lowest BCUT2D eigenvalue weighted by Crippen LogP contribution is -2.42. The Labute approximate surface area is 119 Å². The maximum atomic E-state index is 11.7. The average molecular weight is 281 g/mol. The zero-order valence-corrected chi connectivity index (χ0v) is 12.8. The number of hydrogen-bond acceptors (Lipinski definition) is 3. The first kappa shape index (κ1) is 15.7. The van der Waals surface area contributed by atoms with Gasteiger partial charge in [-0.1, -0.05) is 13.0 Å². The van der Waals surface area contributed by atoms with Gasteiger partial charge in [-0.15, -0.1) is 17.9 Å². The van der Waals surface area contributed by atoms with E-state index in [1.807, 2.05) is 19.9 Å². The minimum atomic E-state index is -0.104. The number of nitrogens with one attached hydrogen (secondary N) is 2. The zero-order valence-electron chi connectivity index (χ0n) is 12.0. The highest BCUT2D eigenvalue weighted by Crippen LogP contribution is 2.16. The van der Waals surface area contributed by atoms with Crippen LogP contribution in [0.3, 0.4) is 0 Å². The van der Waals surface area contributed by atoms with E-state index in [1.54, 1.807) is 11.3 Å². The third kappa shape index (κ3) is 5.42. The second-order valence-electron chi connectivity index (χ2n) is 4.52. The molecule has 0 unspecified atom stereocenters. The molecule has 0 aliphatic rings. The number of hydrogen-bond donors (Lipinski definition) is 2. The molecule has 1 rings (SSSR count). The SMILES string of the molecule is C=CC[C@@H](CC)NC(=O)NCCc1sc(C)nc1C. The van der Waals surface area contributed by atoms with Gasteiger partial charge in [0.15, 0.2) is 0 Å². The first-order valence-corrected chi connectivity index (χ1v) is 7.46. The molecule has 1 aromatic rings. The van der Waals surface area contributed by atoms with Crippen molar-refractivity contribution in [2.45, 2.75) is 46.1 Å². The van der Waals surface area contributed by atoms with E-state index in [2.05, 4.69) is 29.1 Å². The van der Waals surface area contributed by atoms with Crippen LogP contribution >= 0.6 is 11.3 Å². The number of urea groups is 1. The molecule has 1 aromatic heterocycles. The Hall–Kier alpha value is -1.36. The highest BCUT2D eigenvalue weighted by atomic mass is 32.1. The van der Waals surface area contributed by atoms with Crippen molar-refractivity contribution < 1.29 is 4.79 Å². The molecule has 2 N–H and O–H groups in total. The van der Waals surface area contributed by atoms with Gasteiger partial charge >= 0.3 is 6.03 Å². The van der Waals surface area contributed by atoms with Gasteiger partial charge in [-0.25, -0.2) is 9.78 Å². The standard InChI is InChI=1S/C14H23N3OS/c1-5-7-12(6-2)17-14(18)15-9-8-13-10(3)16-11(4)19-13/h5,12H,1,6-9H2,2-4H3,(H2,15,17,18)/t12-/m1/s1. The molecule has 0 aliphatic heterocycles. The van der Waals surface area contributed by atoms with Gasteiger partial charge in [0.1, 0.15) is 0 Å². The van der Waals surface area contributed by atoms with Gasteiger partial charge in [0.05, 0.1) is 10.7 Å². The summed E-state index contributed by atoms with van der Waals surface area (Å²) in [6.45, 7) is 10.4. The fourth-order valence-electron chi connectivity index (χ4n) is 1.86. The van der Waals surface area contributed by atoms with Crippen LogP contribution in [0.15, 0.2) is 12.7 Å². The lowest BCUT2D eigenvalue weighted by molar-refractivity contribution is 0.237. The maximum Gasteiger partial charge on any atom is 0.315 e. The summed E-state index contributed by atoms with van der Waals surface area (Å²) in [4.78, 5) is 17.3. The largest absolute Gasteiger partial charge is 0.338 e. The quantitative estimate of drug-likeness (QED) is 0.755. The molecule has 0 aromatic carbocycles. The predicted molar refractivity (Wildman–Crippen MR) is 80.7 cm³/mol. The molecule has 0 bridgehead atoms. The van der Waals surface area contributed by atoms with Gasteiger partial charge in [-0.05, 0) is 26.7 Å². The Bertz CT molecular complexity index is 428. The summed E-state index contributed by atoms with van der Waals surface area (Å²) in [5, 5.41) is 6.90. The minimum Gasteiger partial charge on any atom is -0.338 e. The normalized spacial score (nSPS) is 11.9. The Morgan fingerprint density at radius 3 is 2.79 bits per heavy atom. The molecule has 1 atom stereocenters. The van der Waals surface area contributed by atoms with E-state index < -0.39 is 0 Å². The second-order valence-corrected chi connectivity index (χ2v) is 5.81. The summed E-state index contributed by atoms with van der Waals surface area (Å²) in [6.07, 6.45) is 4.38. The number of carbonyl (C=O) groups excluding carboxylic acids is 1. The lowest BCUT2D eigenvalue weighted by Gasteiger charge is -2.15. The Morgan fingerprint density at radius 2 is 2.26 bits per heavy atom. The van der Waals surface area contributed by atoms with Crippen LogP contribution in [0.4, 0.5) is 4.79 Å². The predicted octanol–water partition coefficient (Wildman–Crippen LogP) is 2.96. The molecule has 1 heterocycles. The molecule has 4 nitrogen and oxygen atoms in total. The van der Waals surface area contributed by atoms with Gasteiger partial charge < -0.3 is 10.6 Å². The van der Waals surface area contributed by atoms with Crippen LogP contribution in [0.2, 0.25) is 0 Å². The van der Waals surface area contributed by atoms with E-state index in [1.165, 1.54) is 4.88 Å². The van der Waals surface area contributed by atoms with Crippen molar-refractivity contribution in [3.63, 3.8) is 0 Å². The van der Waals surface area contributed by atoms with Crippen LogP contribution in [0.25, 0.3) is 0 Å². The summed E-state index contributed by atoms with van der Waals surface area (Å²) in [5.41, 5.74) is 1.07. The van der Waals surface area contributed by atoms with Gasteiger partial charge in [-0.2, -0.15) is 0 Å². The van der Waals surface area contributed by atoms with Crippen molar-refractivity contribution in [1.29, 1.82) is 0 Å². The van der Waals surface area contributed by atoms with Crippen LogP contribution in [-0.4, -0.2) is 23.6 Å². The zero-order chi connectivity index (χ0) is 14.3. The van der Waals surface area contributed by atoms with E-state index in [9.17, 15) is 4.79 Å². The monoisotopic (exact) mass is 281 g/mol. The molecule has 0 aliphatic carbocycles. The topological polar surface area (TPSA) is 54.0 Å². The fraction of sp³-hybridized carbons (Fsp3) is 0.571. The third-order valence-electron chi connectivity index (χ3n) is 2.92. The van der Waals surface area contributed by atoms with Gasteiger partial charge in [-0.3, -0.25) is 0 Å². The second kappa shape index (κ2) is 7.94. The summed E-state index contributed by atoms with van der Waals surface area (Å²) in [5.74, 6) is 0. The summed E-state index contributed by atoms with van der Waals surface area (Å²) < 4.78 is 0. The minimum absolute atomic E-state index is 0.104. The lowest BCUT2D eigenvalue weighted by atomic mass is 10.1. The Morgan fingerprint density at radius 1 is 1.53 bits per heavy atom. The molecule has 0 radical (unpaired) electrons. The summed E-state index contributed by atoms with van der Waals surface area (Å²) in [7, 11) is 0. The van der Waals surface area contributed by atoms with E-state index in [4.69, 9.17) is 0 Å². The molecule has 2 amide bonds. The highest BCUT2D eigenvalue weighted by molar-refractivity contribution is 7.11. The van der Waals surface area contributed by atoms with Crippen LogP contribution < -0.4 is 10.6 Å². The number of rotatable bonds is 7. The van der Waals surface area contributed by atoms with E-state index in [0.29, 0.717) is 6.54 Å². The average Bonchev–Trinajstić information content (AvgIpc) is 2.67. The number of aryl methyl sites for hydroxylation is 2. The molecule has 5 heteroatoms. The molecular formula is C14H23N3OS. The van der Waals surface area contributed by atoms with Crippen molar-refractivity contribution in [1.82, 2.24) is 15.6 Å². The van der Waals surface area contributed by atoms with E-state index in [-0.39, 0.29) is 12.1 Å². The van der Waals surface area contributed by atoms with Crippen LogP contribution in [0.5, 0.6) is 0 Å². The van der Waals surface area contributed by atoms with Crippen LogP contribution in [0, 0.1) is 13.8 Å². The van der Waals surface area contributed by atoms with Crippen molar-refractivity contribution in [2.75, 3.05) is 6.54 Å². The molecule has 0 spiro atoms. The fourth-order valence-corrected chi connectivity index (χ4v) is 2.80. The van der Waals surface area contributed by atoms with E-state index in [0.717, 1.165) is 30.0 Å². The first-order valence-electron chi connectivity index (χ1n) is 6.65.